The lowest BCUT2D eigenvalue weighted by Gasteiger charge is -2.13. The zero-order chi connectivity index (χ0) is 14.1. The summed E-state index contributed by atoms with van der Waals surface area (Å²) in [6, 6.07) is 12.3. The van der Waals surface area contributed by atoms with Crippen LogP contribution in [0.1, 0.15) is 23.4 Å². The first kappa shape index (κ1) is 13.1. The molecule has 3 nitrogen and oxygen atoms in total. The first-order valence-corrected chi connectivity index (χ1v) is 7.64. The molecule has 0 aliphatic carbocycles. The maximum atomic E-state index is 9.05. The number of hydrogen-bond donors (Lipinski definition) is 1. The van der Waals surface area contributed by atoms with E-state index in [2.05, 4.69) is 40.1 Å². The zero-order valence-corrected chi connectivity index (χ0v) is 12.6. The summed E-state index contributed by atoms with van der Waals surface area (Å²) < 4.78 is 2.81. The second-order valence-corrected chi connectivity index (χ2v) is 6.20. The summed E-state index contributed by atoms with van der Waals surface area (Å²) in [6.07, 6.45) is 0.940. The van der Waals surface area contributed by atoms with Crippen LogP contribution in [0.15, 0.2) is 35.7 Å². The number of benzene rings is 1. The third-order valence-corrected chi connectivity index (χ3v) is 4.56. The fraction of sp³-hybridized carbons (Fsp3) is 0.200. The SMILES string of the molecule is CC(Cc1cccs1)n1c(=S)[nH]c2ccc(C#N)cc21. The molecular formula is C15H13N3S2. The van der Waals surface area contributed by atoms with Gasteiger partial charge >= 0.3 is 0 Å². The lowest BCUT2D eigenvalue weighted by atomic mass is 10.1. The van der Waals surface area contributed by atoms with Crippen LogP contribution in [0.2, 0.25) is 0 Å². The summed E-state index contributed by atoms with van der Waals surface area (Å²) in [7, 11) is 0. The fourth-order valence-electron chi connectivity index (χ4n) is 2.44. The molecule has 100 valence electrons. The van der Waals surface area contributed by atoms with Crippen molar-refractivity contribution in [3.63, 3.8) is 0 Å². The minimum Gasteiger partial charge on any atom is -0.331 e. The number of rotatable bonds is 3. The van der Waals surface area contributed by atoms with Crippen LogP contribution >= 0.6 is 23.6 Å². The van der Waals surface area contributed by atoms with Crippen LogP contribution in [0, 0.1) is 16.1 Å². The number of thiophene rings is 1. The van der Waals surface area contributed by atoms with Crippen LogP contribution in [0.3, 0.4) is 0 Å². The predicted molar refractivity (Wildman–Crippen MR) is 84.6 cm³/mol. The molecule has 5 heteroatoms. The molecule has 0 bridgehead atoms. The van der Waals surface area contributed by atoms with Gasteiger partial charge in [0.15, 0.2) is 4.77 Å². The molecule has 1 atom stereocenters. The molecule has 0 spiro atoms. The van der Waals surface area contributed by atoms with E-state index in [0.717, 1.165) is 17.5 Å². The quantitative estimate of drug-likeness (QED) is 0.727. The highest BCUT2D eigenvalue weighted by Gasteiger charge is 2.12. The van der Waals surface area contributed by atoms with E-state index >= 15 is 0 Å². The molecule has 0 fully saturated rings. The Bertz CT molecular complexity index is 834. The first-order valence-electron chi connectivity index (χ1n) is 6.36. The number of nitrogens with zero attached hydrogens (tertiary/aromatic N) is 2. The molecule has 0 saturated heterocycles. The number of fused-ring (bicyclic) bond motifs is 1. The molecule has 0 aliphatic heterocycles. The number of H-pyrrole nitrogens is 1. The first-order chi connectivity index (χ1) is 9.69. The van der Waals surface area contributed by atoms with Gasteiger partial charge in [-0.05, 0) is 48.8 Å². The van der Waals surface area contributed by atoms with Crippen LogP contribution in [0.25, 0.3) is 11.0 Å². The maximum absolute atomic E-state index is 9.05. The van der Waals surface area contributed by atoms with Gasteiger partial charge in [-0.3, -0.25) is 0 Å². The number of imidazole rings is 1. The summed E-state index contributed by atoms with van der Waals surface area (Å²) in [5.41, 5.74) is 2.63. The Balaban J connectivity index is 2.08. The number of nitriles is 1. The van der Waals surface area contributed by atoms with E-state index in [1.54, 1.807) is 11.3 Å². The molecule has 0 radical (unpaired) electrons. The van der Waals surface area contributed by atoms with Gasteiger partial charge in [-0.25, -0.2) is 0 Å². The van der Waals surface area contributed by atoms with Gasteiger partial charge in [0.2, 0.25) is 0 Å². The average Bonchev–Trinajstić information content (AvgIpc) is 3.04. The van der Waals surface area contributed by atoms with Crippen molar-refractivity contribution in [1.29, 1.82) is 5.26 Å². The maximum Gasteiger partial charge on any atom is 0.178 e. The average molecular weight is 299 g/mol. The van der Waals surface area contributed by atoms with Gasteiger partial charge < -0.3 is 9.55 Å². The van der Waals surface area contributed by atoms with E-state index in [1.807, 2.05) is 18.2 Å². The molecule has 3 aromatic rings. The summed E-state index contributed by atoms with van der Waals surface area (Å²) in [5.74, 6) is 0. The monoisotopic (exact) mass is 299 g/mol. The molecule has 2 heterocycles. The van der Waals surface area contributed by atoms with Gasteiger partial charge in [0.1, 0.15) is 0 Å². The van der Waals surface area contributed by atoms with Crippen LogP contribution in [-0.4, -0.2) is 9.55 Å². The number of aromatic amines is 1. The summed E-state index contributed by atoms with van der Waals surface area (Å²) >= 11 is 7.19. The molecule has 0 aliphatic rings. The van der Waals surface area contributed by atoms with Crippen LogP contribution in [-0.2, 0) is 6.42 Å². The molecule has 2 aromatic heterocycles. The molecule has 1 unspecified atom stereocenters. The highest BCUT2D eigenvalue weighted by atomic mass is 32.1. The molecule has 1 aromatic carbocycles. The lowest BCUT2D eigenvalue weighted by molar-refractivity contribution is 0.557. The van der Waals surface area contributed by atoms with Crippen molar-refractivity contribution in [1.82, 2.24) is 9.55 Å². The Morgan fingerprint density at radius 2 is 2.30 bits per heavy atom. The second-order valence-electron chi connectivity index (χ2n) is 4.78. The number of hydrogen-bond acceptors (Lipinski definition) is 3. The Morgan fingerprint density at radius 3 is 3.00 bits per heavy atom. The van der Waals surface area contributed by atoms with E-state index in [-0.39, 0.29) is 6.04 Å². The van der Waals surface area contributed by atoms with Gasteiger partial charge in [0, 0.05) is 17.3 Å². The van der Waals surface area contributed by atoms with Crippen LogP contribution in [0.4, 0.5) is 0 Å². The van der Waals surface area contributed by atoms with E-state index < -0.39 is 0 Å². The Labute approximate surface area is 126 Å². The minimum atomic E-state index is 0.254. The lowest BCUT2D eigenvalue weighted by Crippen LogP contribution is -2.07. The standard InChI is InChI=1S/C15H13N3S2/c1-10(7-12-3-2-6-20-12)18-14-8-11(9-16)4-5-13(14)17-15(18)19/h2-6,8,10H,7H2,1H3,(H,17,19). The van der Waals surface area contributed by atoms with Gasteiger partial charge in [0.25, 0.3) is 0 Å². The van der Waals surface area contributed by atoms with Gasteiger partial charge in [0.05, 0.1) is 22.7 Å². The van der Waals surface area contributed by atoms with Gasteiger partial charge in [-0.15, -0.1) is 11.3 Å². The van der Waals surface area contributed by atoms with E-state index in [0.29, 0.717) is 10.3 Å². The van der Waals surface area contributed by atoms with E-state index in [4.69, 9.17) is 17.5 Å². The predicted octanol–water partition coefficient (Wildman–Crippen LogP) is 4.44. The smallest absolute Gasteiger partial charge is 0.178 e. The topological polar surface area (TPSA) is 44.5 Å². The van der Waals surface area contributed by atoms with Crippen molar-refractivity contribution in [2.45, 2.75) is 19.4 Å². The van der Waals surface area contributed by atoms with Gasteiger partial charge in [-0.1, -0.05) is 6.07 Å². The summed E-state index contributed by atoms with van der Waals surface area (Å²) in [4.78, 5) is 4.55. The van der Waals surface area contributed by atoms with E-state index in [9.17, 15) is 0 Å². The molecule has 20 heavy (non-hydrogen) atoms. The third-order valence-electron chi connectivity index (χ3n) is 3.36. The highest BCUT2D eigenvalue weighted by Crippen LogP contribution is 2.24. The normalized spacial score (nSPS) is 12.4. The summed E-state index contributed by atoms with van der Waals surface area (Å²) in [5, 5.41) is 11.1. The number of nitrogens with one attached hydrogen (secondary N) is 1. The van der Waals surface area contributed by atoms with Crippen molar-refractivity contribution in [2.24, 2.45) is 0 Å². The second kappa shape index (κ2) is 5.23. The van der Waals surface area contributed by atoms with E-state index in [1.165, 1.54) is 4.88 Å². The molecule has 0 amide bonds. The van der Waals surface area contributed by atoms with Crippen LogP contribution < -0.4 is 0 Å². The molecular weight excluding hydrogens is 286 g/mol. The number of aromatic nitrogens is 2. The van der Waals surface area contributed by atoms with Crippen molar-refractivity contribution < 1.29 is 0 Å². The molecule has 3 rings (SSSR count). The Kier molecular flexibility index (Phi) is 3.43. The minimum absolute atomic E-state index is 0.254. The zero-order valence-electron chi connectivity index (χ0n) is 11.0. The molecule has 1 N–H and O–H groups in total. The fourth-order valence-corrected chi connectivity index (χ4v) is 3.65. The Hall–Kier alpha value is -1.90. The molecule has 0 saturated carbocycles. The van der Waals surface area contributed by atoms with Crippen molar-refractivity contribution in [3.8, 4) is 6.07 Å². The van der Waals surface area contributed by atoms with Crippen molar-refractivity contribution in [2.75, 3.05) is 0 Å². The van der Waals surface area contributed by atoms with Crippen molar-refractivity contribution >= 4 is 34.6 Å². The van der Waals surface area contributed by atoms with Crippen LogP contribution in [0.5, 0.6) is 0 Å². The Morgan fingerprint density at radius 1 is 1.45 bits per heavy atom. The largest absolute Gasteiger partial charge is 0.331 e. The van der Waals surface area contributed by atoms with Gasteiger partial charge in [-0.2, -0.15) is 5.26 Å². The third kappa shape index (κ3) is 2.28. The highest BCUT2D eigenvalue weighted by molar-refractivity contribution is 7.71. The summed E-state index contributed by atoms with van der Waals surface area (Å²) in [6.45, 7) is 2.15. The van der Waals surface area contributed by atoms with Crippen molar-refractivity contribution in [3.05, 3.63) is 50.9 Å².